The fourth-order valence-electron chi connectivity index (χ4n) is 5.23. The van der Waals surface area contributed by atoms with Crippen LogP contribution in [0, 0.1) is 6.92 Å². The van der Waals surface area contributed by atoms with Crippen LogP contribution in [-0.4, -0.2) is 55.2 Å². The topological polar surface area (TPSA) is 51.7 Å². The summed E-state index contributed by atoms with van der Waals surface area (Å²) in [6, 6.07) is 12.8. The minimum absolute atomic E-state index is 0.00739. The molecule has 6 heteroatoms. The van der Waals surface area contributed by atoms with Crippen LogP contribution in [0.2, 0.25) is 0 Å². The van der Waals surface area contributed by atoms with Crippen LogP contribution in [0.3, 0.4) is 0 Å². The van der Waals surface area contributed by atoms with E-state index in [0.717, 1.165) is 43.0 Å². The monoisotopic (exact) mass is 391 g/mol. The van der Waals surface area contributed by atoms with E-state index in [4.69, 9.17) is 0 Å². The number of aromatic nitrogens is 1. The molecule has 2 saturated heterocycles. The van der Waals surface area contributed by atoms with E-state index in [-0.39, 0.29) is 17.1 Å². The molecule has 29 heavy (non-hydrogen) atoms. The van der Waals surface area contributed by atoms with Crippen molar-refractivity contribution in [2.75, 3.05) is 43.5 Å². The SMILES string of the molecule is Cc1cc(N2CCC2)ncc1N1CC2(CC(c3ccccc3)(N(C)C)C2)NC1=O. The molecule has 1 saturated carbocycles. The van der Waals surface area contributed by atoms with Gasteiger partial charge in [0.1, 0.15) is 5.82 Å². The fourth-order valence-corrected chi connectivity index (χ4v) is 5.23. The smallest absolute Gasteiger partial charge is 0.322 e. The van der Waals surface area contributed by atoms with E-state index in [1.807, 2.05) is 11.1 Å². The molecule has 6 nitrogen and oxygen atoms in total. The van der Waals surface area contributed by atoms with Crippen molar-refractivity contribution in [3.63, 3.8) is 0 Å². The molecule has 3 aliphatic rings. The predicted molar refractivity (Wildman–Crippen MR) is 115 cm³/mol. The van der Waals surface area contributed by atoms with Crippen molar-refractivity contribution < 1.29 is 4.79 Å². The van der Waals surface area contributed by atoms with Gasteiger partial charge in [0.25, 0.3) is 0 Å². The first-order valence-corrected chi connectivity index (χ1v) is 10.5. The quantitative estimate of drug-likeness (QED) is 0.870. The summed E-state index contributed by atoms with van der Waals surface area (Å²) in [5, 5.41) is 3.30. The number of hydrogen-bond donors (Lipinski definition) is 1. The van der Waals surface area contributed by atoms with Crippen molar-refractivity contribution in [3.8, 4) is 0 Å². The lowest BCUT2D eigenvalue weighted by Crippen LogP contribution is -2.66. The lowest BCUT2D eigenvalue weighted by molar-refractivity contribution is -0.0169. The number of carbonyl (C=O) groups is 1. The van der Waals surface area contributed by atoms with Gasteiger partial charge < -0.3 is 10.2 Å². The van der Waals surface area contributed by atoms with Crippen LogP contribution in [0.15, 0.2) is 42.6 Å². The third-order valence-corrected chi connectivity index (χ3v) is 7.05. The molecule has 5 rings (SSSR count). The van der Waals surface area contributed by atoms with E-state index >= 15 is 0 Å². The number of carbonyl (C=O) groups excluding carboxylic acids is 1. The number of nitrogens with one attached hydrogen (secondary N) is 1. The summed E-state index contributed by atoms with van der Waals surface area (Å²) in [6.45, 7) is 4.92. The number of urea groups is 1. The highest BCUT2D eigenvalue weighted by molar-refractivity contribution is 5.96. The maximum absolute atomic E-state index is 12.9. The lowest BCUT2D eigenvalue weighted by Gasteiger charge is -2.57. The molecule has 1 spiro atoms. The second-order valence-corrected chi connectivity index (χ2v) is 9.11. The Labute approximate surface area is 172 Å². The van der Waals surface area contributed by atoms with Crippen LogP contribution < -0.4 is 15.1 Å². The van der Waals surface area contributed by atoms with Crippen molar-refractivity contribution in [2.24, 2.45) is 0 Å². The zero-order valence-corrected chi connectivity index (χ0v) is 17.5. The number of amides is 2. The molecule has 3 heterocycles. The minimum Gasteiger partial charge on any atom is -0.356 e. The van der Waals surface area contributed by atoms with Crippen LogP contribution in [0.4, 0.5) is 16.3 Å². The predicted octanol–water partition coefficient (Wildman–Crippen LogP) is 3.12. The molecule has 0 radical (unpaired) electrons. The molecule has 0 unspecified atom stereocenters. The Hall–Kier alpha value is -2.60. The highest BCUT2D eigenvalue weighted by Gasteiger charge is 2.61. The molecule has 152 valence electrons. The lowest BCUT2D eigenvalue weighted by atomic mass is 9.59. The summed E-state index contributed by atoms with van der Waals surface area (Å²) >= 11 is 0. The van der Waals surface area contributed by atoms with Gasteiger partial charge in [-0.3, -0.25) is 9.80 Å². The Balaban J connectivity index is 1.37. The molecule has 1 aromatic heterocycles. The number of benzene rings is 1. The molecule has 1 aromatic carbocycles. The van der Waals surface area contributed by atoms with Gasteiger partial charge in [0.2, 0.25) is 0 Å². The summed E-state index contributed by atoms with van der Waals surface area (Å²) in [5.74, 6) is 1.02. The van der Waals surface area contributed by atoms with Gasteiger partial charge in [0.05, 0.1) is 29.5 Å². The van der Waals surface area contributed by atoms with Gasteiger partial charge in [-0.15, -0.1) is 0 Å². The number of anilines is 2. The molecular formula is C23H29N5O. The molecule has 2 aliphatic heterocycles. The van der Waals surface area contributed by atoms with Crippen LogP contribution in [-0.2, 0) is 5.54 Å². The first-order valence-electron chi connectivity index (χ1n) is 10.5. The molecular weight excluding hydrogens is 362 g/mol. The second kappa shape index (κ2) is 6.46. The maximum atomic E-state index is 12.9. The maximum Gasteiger partial charge on any atom is 0.322 e. The van der Waals surface area contributed by atoms with Gasteiger partial charge in [-0.2, -0.15) is 0 Å². The Bertz CT molecular complexity index is 932. The standard InChI is InChI=1S/C23H29N5O/c1-17-12-20(27-10-7-11-27)24-13-19(17)28-16-22(25-21(28)29)14-23(15-22,26(2)3)18-8-5-4-6-9-18/h4-6,8-9,12-13H,7,10-11,14-16H2,1-3H3,(H,25,29). The molecule has 2 amide bonds. The van der Waals surface area contributed by atoms with Gasteiger partial charge in [-0.25, -0.2) is 9.78 Å². The Morgan fingerprint density at radius 1 is 1.14 bits per heavy atom. The van der Waals surface area contributed by atoms with Crippen LogP contribution in [0.5, 0.6) is 0 Å². The van der Waals surface area contributed by atoms with E-state index in [0.29, 0.717) is 6.54 Å². The van der Waals surface area contributed by atoms with Crippen LogP contribution in [0.1, 0.15) is 30.4 Å². The van der Waals surface area contributed by atoms with Crippen molar-refractivity contribution in [1.82, 2.24) is 15.2 Å². The van der Waals surface area contributed by atoms with Crippen molar-refractivity contribution in [2.45, 2.75) is 37.3 Å². The molecule has 1 N–H and O–H groups in total. The van der Waals surface area contributed by atoms with E-state index in [2.05, 4.69) is 77.5 Å². The van der Waals surface area contributed by atoms with Crippen molar-refractivity contribution in [1.29, 1.82) is 0 Å². The molecule has 0 bridgehead atoms. The Morgan fingerprint density at radius 3 is 2.45 bits per heavy atom. The Morgan fingerprint density at radius 2 is 1.86 bits per heavy atom. The minimum atomic E-state index is -0.181. The normalized spacial score (nSPS) is 28.5. The highest BCUT2D eigenvalue weighted by atomic mass is 16.2. The summed E-state index contributed by atoms with van der Waals surface area (Å²) in [6.07, 6.45) is 4.93. The van der Waals surface area contributed by atoms with Gasteiger partial charge in [0.15, 0.2) is 0 Å². The average Bonchev–Trinajstić information content (AvgIpc) is 2.96. The average molecular weight is 392 g/mol. The van der Waals surface area contributed by atoms with Gasteiger partial charge >= 0.3 is 6.03 Å². The second-order valence-electron chi connectivity index (χ2n) is 9.11. The molecule has 0 atom stereocenters. The Kier molecular flexibility index (Phi) is 4.10. The van der Waals surface area contributed by atoms with Gasteiger partial charge in [-0.05, 0) is 57.5 Å². The highest BCUT2D eigenvalue weighted by Crippen LogP contribution is 2.53. The summed E-state index contributed by atoms with van der Waals surface area (Å²) in [4.78, 5) is 24.0. The number of aryl methyl sites for hydroxylation is 1. The van der Waals surface area contributed by atoms with Gasteiger partial charge in [0, 0.05) is 13.1 Å². The third-order valence-electron chi connectivity index (χ3n) is 7.05. The first kappa shape index (κ1) is 18.4. The number of pyridine rings is 1. The van der Waals surface area contributed by atoms with Crippen LogP contribution >= 0.6 is 0 Å². The fraction of sp³-hybridized carbons (Fsp3) is 0.478. The number of rotatable bonds is 4. The summed E-state index contributed by atoms with van der Waals surface area (Å²) in [5.41, 5.74) is 3.14. The zero-order chi connectivity index (χ0) is 20.2. The summed E-state index contributed by atoms with van der Waals surface area (Å²) in [7, 11) is 4.27. The third kappa shape index (κ3) is 2.81. The van der Waals surface area contributed by atoms with Gasteiger partial charge in [-0.1, -0.05) is 30.3 Å². The zero-order valence-electron chi connectivity index (χ0n) is 17.5. The molecule has 1 aliphatic carbocycles. The van der Waals surface area contributed by atoms with E-state index < -0.39 is 0 Å². The van der Waals surface area contributed by atoms with Crippen molar-refractivity contribution >= 4 is 17.5 Å². The first-order chi connectivity index (χ1) is 13.9. The van der Waals surface area contributed by atoms with Crippen LogP contribution in [0.25, 0.3) is 0 Å². The largest absolute Gasteiger partial charge is 0.356 e. The van der Waals surface area contributed by atoms with E-state index in [1.54, 1.807) is 0 Å². The van der Waals surface area contributed by atoms with Crippen molar-refractivity contribution in [3.05, 3.63) is 53.7 Å². The molecule has 3 fully saturated rings. The number of hydrogen-bond acceptors (Lipinski definition) is 4. The molecule has 2 aromatic rings. The summed E-state index contributed by atoms with van der Waals surface area (Å²) < 4.78 is 0. The number of nitrogens with zero attached hydrogens (tertiary/aromatic N) is 4. The van der Waals surface area contributed by atoms with E-state index in [1.165, 1.54) is 12.0 Å². The van der Waals surface area contributed by atoms with E-state index in [9.17, 15) is 4.79 Å².